The van der Waals surface area contributed by atoms with Gasteiger partial charge in [-0.25, -0.2) is 21.6 Å². The number of ether oxygens (including phenoxy) is 1. The predicted octanol–water partition coefficient (Wildman–Crippen LogP) is 0.406. The van der Waals surface area contributed by atoms with Crippen molar-refractivity contribution in [3.63, 3.8) is 0 Å². The maximum Gasteiger partial charge on any atom is 0.338 e. The first-order chi connectivity index (χ1) is 9.01. The van der Waals surface area contributed by atoms with Gasteiger partial charge in [0.2, 0.25) is 10.0 Å². The number of esters is 1. The summed E-state index contributed by atoms with van der Waals surface area (Å²) in [6, 6.07) is 4.71. The maximum atomic E-state index is 11.7. The van der Waals surface area contributed by atoms with E-state index in [1.807, 2.05) is 0 Å². The van der Waals surface area contributed by atoms with E-state index in [1.54, 1.807) is 0 Å². The van der Waals surface area contributed by atoms with Gasteiger partial charge in [-0.05, 0) is 31.2 Å². The highest BCUT2D eigenvalue weighted by molar-refractivity contribution is 8.04. The fraction of sp³-hybridized carbons (Fsp3) is 0.182. The molecule has 0 amide bonds. The molecule has 0 aliphatic rings. The quantitative estimate of drug-likeness (QED) is 0.478. The Balaban J connectivity index is 2.97. The van der Waals surface area contributed by atoms with Crippen molar-refractivity contribution in [1.29, 1.82) is 0 Å². The van der Waals surface area contributed by atoms with E-state index in [0.717, 1.165) is 18.4 Å². The second kappa shape index (κ2) is 5.73. The normalized spacial score (nSPS) is 11.9. The number of carbonyl (C=O) groups excluding carboxylic acids is 1. The van der Waals surface area contributed by atoms with Crippen LogP contribution in [0.2, 0.25) is 0 Å². The highest BCUT2D eigenvalue weighted by atomic mass is 32.3. The van der Waals surface area contributed by atoms with Crippen LogP contribution in [0.15, 0.2) is 41.3 Å². The molecule has 0 unspecified atom stereocenters. The van der Waals surface area contributed by atoms with Gasteiger partial charge in [-0.2, -0.15) is 0 Å². The Hall–Kier alpha value is -1.71. The van der Waals surface area contributed by atoms with E-state index in [2.05, 4.69) is 6.58 Å². The molecule has 1 N–H and O–H groups in total. The molecule has 0 aliphatic heterocycles. The first-order valence-corrected chi connectivity index (χ1v) is 8.60. The van der Waals surface area contributed by atoms with Crippen LogP contribution in [0.5, 0.6) is 5.75 Å². The molecule has 1 aromatic carbocycles. The predicted molar refractivity (Wildman–Crippen MR) is 72.1 cm³/mol. The van der Waals surface area contributed by atoms with Gasteiger partial charge in [0.1, 0.15) is 5.75 Å². The zero-order valence-corrected chi connectivity index (χ0v) is 12.4. The summed E-state index contributed by atoms with van der Waals surface area (Å²) in [6.45, 7) is 4.87. The molecule has 110 valence electrons. The van der Waals surface area contributed by atoms with Crippen molar-refractivity contribution in [3.05, 3.63) is 36.4 Å². The molecular formula is C11H13NO6S2. The molecule has 0 aromatic heterocycles. The minimum Gasteiger partial charge on any atom is -0.423 e. The van der Waals surface area contributed by atoms with Gasteiger partial charge < -0.3 is 4.74 Å². The molecular weight excluding hydrogens is 306 g/mol. The number of hydrogen-bond donors (Lipinski definition) is 1. The standard InChI is InChI=1S/C11H13NO6S2/c1-8(2)11(13)18-9-4-6-10(7-5-9)20(16,17)12-19(3,14)15/h4-7,12H,1H2,2-3H3. The molecule has 0 heterocycles. The number of sulfonamides is 2. The minimum absolute atomic E-state index is 0.122. The zero-order chi connectivity index (χ0) is 15.6. The Morgan fingerprint density at radius 1 is 1.15 bits per heavy atom. The number of carbonyl (C=O) groups is 1. The second-order valence-electron chi connectivity index (χ2n) is 4.00. The number of benzene rings is 1. The molecule has 9 heteroatoms. The summed E-state index contributed by atoms with van der Waals surface area (Å²) >= 11 is 0. The average molecular weight is 319 g/mol. The molecule has 0 fully saturated rings. The Morgan fingerprint density at radius 3 is 2.05 bits per heavy atom. The van der Waals surface area contributed by atoms with Crippen molar-refractivity contribution < 1.29 is 26.4 Å². The van der Waals surface area contributed by atoms with Crippen LogP contribution in [0.1, 0.15) is 6.92 Å². The fourth-order valence-corrected chi connectivity index (χ4v) is 3.60. The van der Waals surface area contributed by atoms with E-state index in [0.29, 0.717) is 0 Å². The molecule has 0 aliphatic carbocycles. The van der Waals surface area contributed by atoms with Crippen molar-refractivity contribution in [1.82, 2.24) is 4.13 Å². The van der Waals surface area contributed by atoms with Gasteiger partial charge in [0.05, 0.1) is 11.2 Å². The summed E-state index contributed by atoms with van der Waals surface area (Å²) in [7, 11) is -8.08. The van der Waals surface area contributed by atoms with Crippen LogP contribution in [0.4, 0.5) is 0 Å². The van der Waals surface area contributed by atoms with Crippen molar-refractivity contribution in [2.45, 2.75) is 11.8 Å². The molecule has 0 bridgehead atoms. The molecule has 0 saturated carbocycles. The monoisotopic (exact) mass is 319 g/mol. The van der Waals surface area contributed by atoms with Crippen LogP contribution in [0.3, 0.4) is 0 Å². The molecule has 1 aromatic rings. The fourth-order valence-electron chi connectivity index (χ4n) is 1.13. The highest BCUT2D eigenvalue weighted by Gasteiger charge is 2.19. The van der Waals surface area contributed by atoms with Gasteiger partial charge in [0.25, 0.3) is 10.0 Å². The molecule has 0 atom stereocenters. The van der Waals surface area contributed by atoms with Gasteiger partial charge in [-0.15, -0.1) is 4.13 Å². The summed E-state index contributed by atoms with van der Waals surface area (Å²) in [5.41, 5.74) is 0.195. The first-order valence-electron chi connectivity index (χ1n) is 5.22. The molecule has 7 nitrogen and oxygen atoms in total. The highest BCUT2D eigenvalue weighted by Crippen LogP contribution is 2.17. The zero-order valence-electron chi connectivity index (χ0n) is 10.8. The summed E-state index contributed by atoms with van der Waals surface area (Å²) in [5, 5.41) is 0. The lowest BCUT2D eigenvalue weighted by Gasteiger charge is -2.06. The number of nitrogens with one attached hydrogen (secondary N) is 1. The Morgan fingerprint density at radius 2 is 1.65 bits per heavy atom. The van der Waals surface area contributed by atoms with E-state index >= 15 is 0 Å². The summed E-state index contributed by atoms with van der Waals surface area (Å²) in [5.74, 6) is -0.522. The summed E-state index contributed by atoms with van der Waals surface area (Å²) in [4.78, 5) is 11.0. The number of rotatable bonds is 5. The van der Waals surface area contributed by atoms with Crippen LogP contribution >= 0.6 is 0 Å². The van der Waals surface area contributed by atoms with Crippen LogP contribution in [0.25, 0.3) is 0 Å². The third-order valence-electron chi connectivity index (χ3n) is 1.95. The lowest BCUT2D eigenvalue weighted by molar-refractivity contribution is -0.130. The van der Waals surface area contributed by atoms with E-state index < -0.39 is 26.0 Å². The van der Waals surface area contributed by atoms with Crippen molar-refractivity contribution in [2.75, 3.05) is 6.26 Å². The van der Waals surface area contributed by atoms with Crippen LogP contribution < -0.4 is 8.86 Å². The third kappa shape index (κ3) is 4.76. The molecule has 0 radical (unpaired) electrons. The van der Waals surface area contributed by atoms with Gasteiger partial charge in [0.15, 0.2) is 0 Å². The van der Waals surface area contributed by atoms with Gasteiger partial charge in [-0.1, -0.05) is 6.58 Å². The van der Waals surface area contributed by atoms with Crippen LogP contribution in [0, 0.1) is 0 Å². The lowest BCUT2D eigenvalue weighted by Crippen LogP contribution is -2.29. The van der Waals surface area contributed by atoms with Gasteiger partial charge in [0, 0.05) is 5.57 Å². The van der Waals surface area contributed by atoms with Crippen molar-refractivity contribution >= 4 is 26.0 Å². The topological polar surface area (TPSA) is 107 Å². The van der Waals surface area contributed by atoms with Gasteiger partial charge in [-0.3, -0.25) is 0 Å². The third-order valence-corrected chi connectivity index (χ3v) is 4.94. The van der Waals surface area contributed by atoms with E-state index in [4.69, 9.17) is 4.74 Å². The van der Waals surface area contributed by atoms with Gasteiger partial charge >= 0.3 is 5.97 Å². The Kier molecular flexibility index (Phi) is 4.69. The van der Waals surface area contributed by atoms with E-state index in [1.165, 1.54) is 23.2 Å². The number of hydrogen-bond acceptors (Lipinski definition) is 6. The lowest BCUT2D eigenvalue weighted by atomic mass is 10.3. The largest absolute Gasteiger partial charge is 0.423 e. The molecule has 0 spiro atoms. The van der Waals surface area contributed by atoms with E-state index in [-0.39, 0.29) is 16.2 Å². The summed E-state index contributed by atoms with van der Waals surface area (Å²) < 4.78 is 51.6. The first kappa shape index (κ1) is 16.3. The minimum atomic E-state index is -4.18. The average Bonchev–Trinajstić information content (AvgIpc) is 2.26. The van der Waals surface area contributed by atoms with E-state index in [9.17, 15) is 21.6 Å². The van der Waals surface area contributed by atoms with Crippen LogP contribution in [-0.4, -0.2) is 29.1 Å². The second-order valence-corrected chi connectivity index (χ2v) is 7.69. The SMILES string of the molecule is C=C(C)C(=O)Oc1ccc(S(=O)(=O)NS(C)(=O)=O)cc1. The van der Waals surface area contributed by atoms with Crippen molar-refractivity contribution in [2.24, 2.45) is 0 Å². The Labute approximate surface area is 117 Å². The Bertz CT molecular complexity index is 732. The summed E-state index contributed by atoms with van der Waals surface area (Å²) in [6.07, 6.45) is 0.730. The molecule has 20 heavy (non-hydrogen) atoms. The smallest absolute Gasteiger partial charge is 0.338 e. The van der Waals surface area contributed by atoms with Crippen LogP contribution in [-0.2, 0) is 24.8 Å². The maximum absolute atomic E-state index is 11.7. The molecule has 1 rings (SSSR count). The molecule has 0 saturated heterocycles. The van der Waals surface area contributed by atoms with Crippen molar-refractivity contribution in [3.8, 4) is 5.75 Å².